The number of ether oxygens (including phenoxy) is 1. The van der Waals surface area contributed by atoms with Gasteiger partial charge in [0.15, 0.2) is 0 Å². The zero-order chi connectivity index (χ0) is 13.9. The smallest absolute Gasteiger partial charge is 0.119 e. The average Bonchev–Trinajstić information content (AvgIpc) is 2.81. The minimum absolute atomic E-state index is 0.0728. The van der Waals surface area contributed by atoms with Crippen LogP contribution in [-0.4, -0.2) is 11.6 Å². The van der Waals surface area contributed by atoms with Crippen LogP contribution in [0.1, 0.15) is 44.2 Å². The highest BCUT2D eigenvalue weighted by Crippen LogP contribution is 2.27. The van der Waals surface area contributed by atoms with Crippen LogP contribution >= 0.6 is 12.2 Å². The summed E-state index contributed by atoms with van der Waals surface area (Å²) in [6.45, 7) is 4.90. The molecule has 0 spiro atoms. The van der Waals surface area contributed by atoms with Gasteiger partial charge >= 0.3 is 0 Å². The van der Waals surface area contributed by atoms with Crippen LogP contribution in [0.2, 0.25) is 0 Å². The van der Waals surface area contributed by atoms with Crippen molar-refractivity contribution in [3.05, 3.63) is 29.3 Å². The van der Waals surface area contributed by atoms with Crippen molar-refractivity contribution >= 4 is 17.2 Å². The summed E-state index contributed by atoms with van der Waals surface area (Å²) >= 11 is 5.07. The van der Waals surface area contributed by atoms with Gasteiger partial charge in [-0.05, 0) is 55.4 Å². The summed E-state index contributed by atoms with van der Waals surface area (Å²) in [5.74, 6) is 0.994. The van der Waals surface area contributed by atoms with Crippen molar-refractivity contribution in [2.24, 2.45) is 11.1 Å². The fourth-order valence-corrected chi connectivity index (χ4v) is 2.57. The molecule has 1 aromatic carbocycles. The Labute approximate surface area is 121 Å². The zero-order valence-electron chi connectivity index (χ0n) is 11.9. The Balaban J connectivity index is 1.79. The molecule has 0 atom stereocenters. The third-order valence-electron chi connectivity index (χ3n) is 3.95. The normalized spacial score (nSPS) is 14.2. The molecule has 0 fully saturated rings. The Kier molecular flexibility index (Phi) is 4.46. The molecule has 0 aromatic heterocycles. The molecule has 1 aliphatic rings. The van der Waals surface area contributed by atoms with Gasteiger partial charge in [-0.2, -0.15) is 0 Å². The summed E-state index contributed by atoms with van der Waals surface area (Å²) < 4.78 is 5.82. The maximum Gasteiger partial charge on any atom is 0.119 e. The number of benzene rings is 1. The van der Waals surface area contributed by atoms with Crippen LogP contribution in [0.15, 0.2) is 18.2 Å². The highest BCUT2D eigenvalue weighted by Gasteiger charge is 2.20. The maximum atomic E-state index is 5.82. The van der Waals surface area contributed by atoms with Gasteiger partial charge in [0.05, 0.1) is 11.6 Å². The van der Waals surface area contributed by atoms with E-state index >= 15 is 0 Å². The number of nitrogens with two attached hydrogens (primary N) is 1. The van der Waals surface area contributed by atoms with E-state index in [0.29, 0.717) is 4.99 Å². The number of rotatable bonds is 6. The maximum absolute atomic E-state index is 5.82. The molecular weight excluding hydrogens is 254 g/mol. The molecule has 19 heavy (non-hydrogen) atoms. The highest BCUT2D eigenvalue weighted by molar-refractivity contribution is 7.80. The third-order valence-corrected chi connectivity index (χ3v) is 4.50. The van der Waals surface area contributed by atoms with Gasteiger partial charge < -0.3 is 10.5 Å². The monoisotopic (exact) mass is 277 g/mol. The van der Waals surface area contributed by atoms with Crippen LogP contribution in [0.3, 0.4) is 0 Å². The van der Waals surface area contributed by atoms with Gasteiger partial charge in [0, 0.05) is 5.41 Å². The quantitative estimate of drug-likeness (QED) is 0.637. The fraction of sp³-hybridized carbons (Fsp3) is 0.562. The lowest BCUT2D eigenvalue weighted by molar-refractivity contribution is 0.287. The van der Waals surface area contributed by atoms with Gasteiger partial charge in [-0.15, -0.1) is 0 Å². The minimum atomic E-state index is -0.0728. The molecule has 1 aromatic rings. The number of thiocarbonyl (C=S) groups is 1. The summed E-state index contributed by atoms with van der Waals surface area (Å²) in [5, 5.41) is 0. The Hall–Kier alpha value is -1.09. The summed E-state index contributed by atoms with van der Waals surface area (Å²) in [4.78, 5) is 0.588. The number of hydrogen-bond acceptors (Lipinski definition) is 2. The third kappa shape index (κ3) is 3.69. The predicted octanol–water partition coefficient (Wildman–Crippen LogP) is 3.65. The van der Waals surface area contributed by atoms with Crippen LogP contribution in [0, 0.1) is 5.41 Å². The van der Waals surface area contributed by atoms with Gasteiger partial charge in [-0.25, -0.2) is 0 Å². The Bertz CT molecular complexity index is 468. The first kappa shape index (κ1) is 14.3. The first-order valence-electron chi connectivity index (χ1n) is 7.03. The number of hydrogen-bond donors (Lipinski definition) is 1. The molecule has 2 N–H and O–H groups in total. The summed E-state index contributed by atoms with van der Waals surface area (Å²) in [6.07, 6.45) is 5.63. The van der Waals surface area contributed by atoms with Crippen molar-refractivity contribution in [2.45, 2.75) is 46.0 Å². The van der Waals surface area contributed by atoms with E-state index in [1.165, 1.54) is 30.4 Å². The second kappa shape index (κ2) is 5.91. The highest BCUT2D eigenvalue weighted by atomic mass is 32.1. The van der Waals surface area contributed by atoms with E-state index in [0.717, 1.165) is 25.2 Å². The van der Waals surface area contributed by atoms with E-state index in [-0.39, 0.29) is 5.41 Å². The largest absolute Gasteiger partial charge is 0.494 e. The summed E-state index contributed by atoms with van der Waals surface area (Å²) in [6, 6.07) is 6.49. The predicted molar refractivity (Wildman–Crippen MR) is 83.8 cm³/mol. The topological polar surface area (TPSA) is 35.2 Å². The van der Waals surface area contributed by atoms with Crippen molar-refractivity contribution in [3.63, 3.8) is 0 Å². The number of fused-ring (bicyclic) bond motifs is 1. The van der Waals surface area contributed by atoms with Gasteiger partial charge in [-0.3, -0.25) is 0 Å². The van der Waals surface area contributed by atoms with Crippen molar-refractivity contribution in [2.75, 3.05) is 6.61 Å². The average molecular weight is 277 g/mol. The molecule has 2 nitrogen and oxygen atoms in total. The second-order valence-electron chi connectivity index (χ2n) is 5.98. The number of aryl methyl sites for hydroxylation is 2. The van der Waals surface area contributed by atoms with Gasteiger partial charge in [0.2, 0.25) is 0 Å². The van der Waals surface area contributed by atoms with E-state index in [2.05, 4.69) is 32.0 Å². The Morgan fingerprint density at radius 3 is 2.79 bits per heavy atom. The second-order valence-corrected chi connectivity index (χ2v) is 6.42. The molecule has 0 unspecified atom stereocenters. The first-order valence-corrected chi connectivity index (χ1v) is 7.44. The molecule has 0 radical (unpaired) electrons. The van der Waals surface area contributed by atoms with Crippen molar-refractivity contribution in [1.29, 1.82) is 0 Å². The first-order chi connectivity index (χ1) is 8.99. The molecule has 0 saturated carbocycles. The van der Waals surface area contributed by atoms with E-state index in [1.54, 1.807) is 0 Å². The van der Waals surface area contributed by atoms with Crippen LogP contribution < -0.4 is 10.5 Å². The molecule has 104 valence electrons. The molecular formula is C16H23NOS. The van der Waals surface area contributed by atoms with Crippen LogP contribution in [0.5, 0.6) is 5.75 Å². The molecule has 2 rings (SSSR count). The fourth-order valence-electron chi connectivity index (χ4n) is 2.47. The van der Waals surface area contributed by atoms with Gasteiger partial charge in [0.1, 0.15) is 5.75 Å². The van der Waals surface area contributed by atoms with Crippen LogP contribution in [-0.2, 0) is 12.8 Å². The van der Waals surface area contributed by atoms with Crippen molar-refractivity contribution < 1.29 is 4.74 Å². The molecule has 0 saturated heterocycles. The van der Waals surface area contributed by atoms with Crippen molar-refractivity contribution in [1.82, 2.24) is 0 Å². The molecule has 0 aliphatic heterocycles. The Morgan fingerprint density at radius 2 is 2.05 bits per heavy atom. The molecule has 3 heteroatoms. The minimum Gasteiger partial charge on any atom is -0.494 e. The molecule has 1 aliphatic carbocycles. The standard InChI is InChI=1S/C16H23NOS/c1-16(2,15(17)19)9-4-10-18-14-8-7-12-5-3-6-13(12)11-14/h7-8,11H,3-6,9-10H2,1-2H3,(H2,17,19). The van der Waals surface area contributed by atoms with E-state index in [4.69, 9.17) is 22.7 Å². The molecule has 0 heterocycles. The van der Waals surface area contributed by atoms with Gasteiger partial charge in [-0.1, -0.05) is 32.1 Å². The molecule has 0 amide bonds. The molecule has 0 bridgehead atoms. The van der Waals surface area contributed by atoms with E-state index in [9.17, 15) is 0 Å². The SMILES string of the molecule is CC(C)(CCCOc1ccc2c(c1)CCC2)C(N)=S. The lowest BCUT2D eigenvalue weighted by Crippen LogP contribution is -2.30. The summed E-state index contributed by atoms with van der Waals surface area (Å²) in [5.41, 5.74) is 8.59. The lowest BCUT2D eigenvalue weighted by Gasteiger charge is -2.22. The van der Waals surface area contributed by atoms with Crippen molar-refractivity contribution in [3.8, 4) is 5.75 Å². The van der Waals surface area contributed by atoms with Gasteiger partial charge in [0.25, 0.3) is 0 Å². The van der Waals surface area contributed by atoms with Crippen LogP contribution in [0.25, 0.3) is 0 Å². The van der Waals surface area contributed by atoms with E-state index in [1.807, 2.05) is 0 Å². The lowest BCUT2D eigenvalue weighted by atomic mass is 9.88. The van der Waals surface area contributed by atoms with Crippen LogP contribution in [0.4, 0.5) is 0 Å². The summed E-state index contributed by atoms with van der Waals surface area (Å²) in [7, 11) is 0. The van der Waals surface area contributed by atoms with E-state index < -0.39 is 0 Å². The zero-order valence-corrected chi connectivity index (χ0v) is 12.7. The Morgan fingerprint density at radius 1 is 1.32 bits per heavy atom.